The van der Waals surface area contributed by atoms with Crippen LogP contribution in [0.4, 0.5) is 10.2 Å². The van der Waals surface area contributed by atoms with Crippen molar-refractivity contribution in [3.05, 3.63) is 62.0 Å². The quantitative estimate of drug-likeness (QED) is 0.471. The molecule has 0 unspecified atom stereocenters. The molecule has 1 aromatic heterocycles. The van der Waals surface area contributed by atoms with Crippen molar-refractivity contribution < 1.29 is 14.1 Å². The van der Waals surface area contributed by atoms with E-state index in [4.69, 9.17) is 27.9 Å². The van der Waals surface area contributed by atoms with Crippen molar-refractivity contribution in [2.75, 3.05) is 6.61 Å². The van der Waals surface area contributed by atoms with Crippen LogP contribution in [0.5, 0.6) is 5.75 Å². The molecule has 2 aromatic rings. The molecule has 0 saturated carbocycles. The van der Waals surface area contributed by atoms with Gasteiger partial charge in [0, 0.05) is 11.4 Å². The Hall–Kier alpha value is -1.92. The lowest BCUT2D eigenvalue weighted by atomic mass is 10.1. The van der Waals surface area contributed by atoms with Gasteiger partial charge in [-0.05, 0) is 39.7 Å². The Labute approximate surface area is 129 Å². The highest BCUT2D eigenvalue weighted by molar-refractivity contribution is 6.36. The molecule has 0 fully saturated rings. The smallest absolute Gasteiger partial charge is 0.406 e. The van der Waals surface area contributed by atoms with Crippen LogP contribution in [-0.4, -0.2) is 16.5 Å². The molecular weight excluding hydrogens is 322 g/mol. The van der Waals surface area contributed by atoms with Crippen molar-refractivity contribution in [2.45, 2.75) is 6.42 Å². The monoisotopic (exact) mass is 330 g/mol. The Morgan fingerprint density at radius 1 is 1.33 bits per heavy atom. The molecule has 8 heteroatoms. The van der Waals surface area contributed by atoms with Gasteiger partial charge in [0.15, 0.2) is 0 Å². The highest BCUT2D eigenvalue weighted by Gasteiger charge is 2.16. The van der Waals surface area contributed by atoms with Crippen LogP contribution in [0.1, 0.15) is 5.56 Å². The topological polar surface area (TPSA) is 65.3 Å². The normalized spacial score (nSPS) is 10.4. The zero-order chi connectivity index (χ0) is 15.4. The first-order valence-electron chi connectivity index (χ1n) is 5.85. The summed E-state index contributed by atoms with van der Waals surface area (Å²) in [4.78, 5) is 13.8. The van der Waals surface area contributed by atoms with E-state index < -0.39 is 10.7 Å². The average molecular weight is 331 g/mol. The number of aromatic nitrogens is 1. The second kappa shape index (κ2) is 6.69. The van der Waals surface area contributed by atoms with Gasteiger partial charge < -0.3 is 14.9 Å². The van der Waals surface area contributed by atoms with E-state index in [9.17, 15) is 14.5 Å². The largest absolute Gasteiger partial charge is 0.485 e. The van der Waals surface area contributed by atoms with E-state index in [1.165, 1.54) is 30.5 Å². The van der Waals surface area contributed by atoms with Crippen LogP contribution in [0.2, 0.25) is 10.0 Å². The Bertz CT molecular complexity index is 682. The SMILES string of the molecule is O=[N+]([O-])c1ncccc1OCCc1c(Cl)ccc(F)c1Cl. The van der Waals surface area contributed by atoms with Gasteiger partial charge in [-0.3, -0.25) is 0 Å². The Balaban J connectivity index is 2.09. The lowest BCUT2D eigenvalue weighted by Crippen LogP contribution is -2.05. The summed E-state index contributed by atoms with van der Waals surface area (Å²) in [5, 5.41) is 11.0. The van der Waals surface area contributed by atoms with E-state index in [2.05, 4.69) is 4.98 Å². The van der Waals surface area contributed by atoms with Crippen molar-refractivity contribution in [1.82, 2.24) is 4.98 Å². The third-order valence-electron chi connectivity index (χ3n) is 2.67. The Morgan fingerprint density at radius 3 is 2.81 bits per heavy atom. The molecule has 110 valence electrons. The molecule has 0 aliphatic rings. The van der Waals surface area contributed by atoms with Crippen molar-refractivity contribution >= 4 is 29.0 Å². The van der Waals surface area contributed by atoms with Crippen LogP contribution in [-0.2, 0) is 6.42 Å². The van der Waals surface area contributed by atoms with Crippen LogP contribution in [0.15, 0.2) is 30.5 Å². The molecule has 2 rings (SSSR count). The summed E-state index contributed by atoms with van der Waals surface area (Å²) in [6.07, 6.45) is 1.51. The molecule has 1 heterocycles. The fourth-order valence-corrected chi connectivity index (χ4v) is 2.25. The minimum Gasteiger partial charge on any atom is -0.485 e. The minimum atomic E-state index is -0.641. The first-order chi connectivity index (χ1) is 10.0. The maximum absolute atomic E-state index is 13.3. The van der Waals surface area contributed by atoms with Crippen molar-refractivity contribution in [1.29, 1.82) is 0 Å². The molecule has 0 bridgehead atoms. The number of hydrogen-bond donors (Lipinski definition) is 0. The van der Waals surface area contributed by atoms with Gasteiger partial charge >= 0.3 is 5.82 Å². The van der Waals surface area contributed by atoms with Crippen LogP contribution in [0.25, 0.3) is 0 Å². The number of benzene rings is 1. The lowest BCUT2D eigenvalue weighted by Gasteiger charge is -2.09. The highest BCUT2D eigenvalue weighted by atomic mass is 35.5. The maximum atomic E-state index is 13.3. The first kappa shape index (κ1) is 15.5. The van der Waals surface area contributed by atoms with Gasteiger partial charge in [-0.15, -0.1) is 0 Å². The molecule has 5 nitrogen and oxygen atoms in total. The van der Waals surface area contributed by atoms with E-state index in [-0.39, 0.29) is 29.6 Å². The molecule has 0 amide bonds. The predicted molar refractivity (Wildman–Crippen MR) is 76.5 cm³/mol. The molecule has 0 radical (unpaired) electrons. The van der Waals surface area contributed by atoms with Crippen LogP contribution < -0.4 is 4.74 Å². The summed E-state index contributed by atoms with van der Waals surface area (Å²) in [6.45, 7) is 0.0510. The van der Waals surface area contributed by atoms with Gasteiger partial charge in [-0.2, -0.15) is 0 Å². The third kappa shape index (κ3) is 3.59. The molecule has 0 saturated heterocycles. The number of nitrogens with zero attached hydrogens (tertiary/aromatic N) is 2. The van der Waals surface area contributed by atoms with E-state index in [1.54, 1.807) is 0 Å². The number of pyridine rings is 1. The van der Waals surface area contributed by atoms with Crippen molar-refractivity contribution in [3.63, 3.8) is 0 Å². The number of ether oxygens (including phenoxy) is 1. The first-order valence-corrected chi connectivity index (χ1v) is 6.61. The maximum Gasteiger partial charge on any atom is 0.406 e. The van der Waals surface area contributed by atoms with E-state index >= 15 is 0 Å². The van der Waals surface area contributed by atoms with E-state index in [0.29, 0.717) is 10.6 Å². The Kier molecular flexibility index (Phi) is 4.93. The van der Waals surface area contributed by atoms with Gasteiger partial charge in [0.25, 0.3) is 0 Å². The predicted octanol–water partition coefficient (Wildman–Crippen LogP) is 4.06. The van der Waals surface area contributed by atoms with Crippen LogP contribution in [0, 0.1) is 15.9 Å². The average Bonchev–Trinajstić information content (AvgIpc) is 2.47. The fourth-order valence-electron chi connectivity index (χ4n) is 1.69. The molecule has 0 atom stereocenters. The molecule has 0 N–H and O–H groups in total. The molecule has 0 spiro atoms. The molecular formula is C13H9Cl2FN2O3. The number of halogens is 3. The number of rotatable bonds is 5. The zero-order valence-electron chi connectivity index (χ0n) is 10.6. The van der Waals surface area contributed by atoms with Gasteiger partial charge in [0.2, 0.25) is 5.75 Å². The van der Waals surface area contributed by atoms with Gasteiger partial charge in [0.1, 0.15) is 12.0 Å². The lowest BCUT2D eigenvalue weighted by molar-refractivity contribution is -0.390. The molecule has 0 aliphatic heterocycles. The molecule has 1 aromatic carbocycles. The third-order valence-corrected chi connectivity index (χ3v) is 3.44. The van der Waals surface area contributed by atoms with Gasteiger partial charge in [0.05, 0.1) is 11.6 Å². The summed E-state index contributed by atoms with van der Waals surface area (Å²) < 4.78 is 18.7. The molecule has 21 heavy (non-hydrogen) atoms. The van der Waals surface area contributed by atoms with Gasteiger partial charge in [-0.25, -0.2) is 4.39 Å². The minimum absolute atomic E-state index is 0.0335. The highest BCUT2D eigenvalue weighted by Crippen LogP contribution is 2.28. The standard InChI is InChI=1S/C13H9Cl2FN2O3/c14-9-3-4-10(16)12(15)8(9)5-7-21-11-2-1-6-17-13(11)18(19)20/h1-4,6H,5,7H2. The Morgan fingerprint density at radius 2 is 2.10 bits per heavy atom. The van der Waals surface area contributed by atoms with Gasteiger partial charge in [-0.1, -0.05) is 23.2 Å². The summed E-state index contributed by atoms with van der Waals surface area (Å²) in [5.74, 6) is -0.927. The zero-order valence-corrected chi connectivity index (χ0v) is 12.1. The number of nitro groups is 1. The van der Waals surface area contributed by atoms with Crippen molar-refractivity contribution in [3.8, 4) is 5.75 Å². The fraction of sp³-hybridized carbons (Fsp3) is 0.154. The summed E-state index contributed by atoms with van der Waals surface area (Å²) >= 11 is 11.8. The number of hydrogen-bond acceptors (Lipinski definition) is 4. The summed E-state index contributed by atoms with van der Waals surface area (Å²) in [6, 6.07) is 5.51. The van der Waals surface area contributed by atoms with Crippen molar-refractivity contribution in [2.24, 2.45) is 0 Å². The summed E-state index contributed by atoms with van der Waals surface area (Å²) in [7, 11) is 0. The van der Waals surface area contributed by atoms with Crippen LogP contribution in [0.3, 0.4) is 0 Å². The van der Waals surface area contributed by atoms with E-state index in [0.717, 1.165) is 0 Å². The second-order valence-corrected chi connectivity index (χ2v) is 4.79. The molecule has 0 aliphatic carbocycles. The summed E-state index contributed by atoms with van der Waals surface area (Å²) in [5.41, 5.74) is 0.393. The van der Waals surface area contributed by atoms with Crippen LogP contribution >= 0.6 is 23.2 Å². The second-order valence-electron chi connectivity index (χ2n) is 4.00. The van der Waals surface area contributed by atoms with E-state index in [1.807, 2.05) is 0 Å².